The molecule has 2 heterocycles. The topological polar surface area (TPSA) is 42.4 Å². The molecule has 1 aliphatic carbocycles. The van der Waals surface area contributed by atoms with Crippen molar-refractivity contribution in [2.75, 3.05) is 13.2 Å². The summed E-state index contributed by atoms with van der Waals surface area (Å²) >= 11 is 9.37. The molecule has 1 saturated carbocycles. The summed E-state index contributed by atoms with van der Waals surface area (Å²) in [4.78, 5) is 18.6. The highest BCUT2D eigenvalue weighted by molar-refractivity contribution is 9.10. The summed E-state index contributed by atoms with van der Waals surface area (Å²) in [6, 6.07) is 1.92. The fraction of sp³-hybridized carbons (Fsp3) is 0.538. The molecule has 1 aromatic heterocycles. The van der Waals surface area contributed by atoms with Gasteiger partial charge in [0.1, 0.15) is 5.15 Å². The van der Waals surface area contributed by atoms with Crippen molar-refractivity contribution in [2.45, 2.75) is 31.4 Å². The molecule has 2 unspecified atom stereocenters. The van der Waals surface area contributed by atoms with Crippen LogP contribution in [0.5, 0.6) is 0 Å². The van der Waals surface area contributed by atoms with Crippen LogP contribution in [0.15, 0.2) is 16.7 Å². The van der Waals surface area contributed by atoms with Crippen LogP contribution in [0.2, 0.25) is 5.15 Å². The van der Waals surface area contributed by atoms with E-state index in [-0.39, 0.29) is 23.2 Å². The van der Waals surface area contributed by atoms with E-state index < -0.39 is 0 Å². The molecule has 1 aliphatic heterocycles. The zero-order valence-electron chi connectivity index (χ0n) is 10.3. The van der Waals surface area contributed by atoms with Gasteiger partial charge in [-0.1, -0.05) is 11.6 Å². The number of ether oxygens (including phenoxy) is 1. The molecule has 0 N–H and O–H groups in total. The maximum Gasteiger partial charge on any atom is 0.257 e. The van der Waals surface area contributed by atoms with E-state index in [2.05, 4.69) is 20.9 Å². The van der Waals surface area contributed by atoms with Crippen molar-refractivity contribution in [3.8, 4) is 0 Å². The number of fused-ring (bicyclic) bond motifs is 1. The van der Waals surface area contributed by atoms with Crippen molar-refractivity contribution in [3.63, 3.8) is 0 Å². The van der Waals surface area contributed by atoms with Crippen LogP contribution < -0.4 is 0 Å². The van der Waals surface area contributed by atoms with E-state index in [4.69, 9.17) is 16.3 Å². The zero-order valence-corrected chi connectivity index (χ0v) is 12.7. The molecular formula is C13H14BrClN2O2. The molecule has 1 amide bonds. The Hall–Kier alpha value is -0.650. The molecule has 0 spiro atoms. The fourth-order valence-corrected chi connectivity index (χ4v) is 3.42. The molecule has 2 fully saturated rings. The molecule has 4 nitrogen and oxygen atoms in total. The number of rotatable bonds is 1. The van der Waals surface area contributed by atoms with Gasteiger partial charge in [0.25, 0.3) is 5.91 Å². The number of hydrogen-bond donors (Lipinski definition) is 0. The number of amides is 1. The first-order valence-electron chi connectivity index (χ1n) is 6.40. The van der Waals surface area contributed by atoms with E-state index in [0.29, 0.717) is 18.7 Å². The number of carbonyl (C=O) groups is 1. The highest BCUT2D eigenvalue weighted by Gasteiger charge is 2.39. The first-order valence-corrected chi connectivity index (χ1v) is 7.57. The second-order valence-corrected chi connectivity index (χ2v) is 6.17. The Morgan fingerprint density at radius 2 is 2.37 bits per heavy atom. The third-order valence-corrected chi connectivity index (χ3v) is 4.51. The lowest BCUT2D eigenvalue weighted by Crippen LogP contribution is -2.51. The Balaban J connectivity index is 1.88. The van der Waals surface area contributed by atoms with Crippen LogP contribution in [-0.2, 0) is 4.74 Å². The van der Waals surface area contributed by atoms with Crippen molar-refractivity contribution < 1.29 is 9.53 Å². The van der Waals surface area contributed by atoms with Crippen molar-refractivity contribution >= 4 is 33.4 Å². The third-order valence-electron chi connectivity index (χ3n) is 3.78. The summed E-state index contributed by atoms with van der Waals surface area (Å²) in [6.45, 7) is 1.23. The van der Waals surface area contributed by atoms with Crippen LogP contribution in [0.25, 0.3) is 0 Å². The third kappa shape index (κ3) is 2.51. The molecule has 0 aromatic carbocycles. The fourth-order valence-electron chi connectivity index (χ4n) is 2.91. The van der Waals surface area contributed by atoms with Crippen LogP contribution in [0.3, 0.4) is 0 Å². The Labute approximate surface area is 125 Å². The zero-order chi connectivity index (χ0) is 13.4. The molecular weight excluding hydrogens is 332 g/mol. The molecule has 0 bridgehead atoms. The minimum atomic E-state index is -0.0426. The standard InChI is InChI=1S/C13H14BrClN2O2/c14-8-6-9(12(15)16-7-8)13(18)17-4-5-19-11-3-1-2-10(11)17/h6-7,10-11H,1-5H2. The highest BCUT2D eigenvalue weighted by Crippen LogP contribution is 2.31. The van der Waals surface area contributed by atoms with Gasteiger partial charge in [0.15, 0.2) is 0 Å². The maximum absolute atomic E-state index is 12.6. The van der Waals surface area contributed by atoms with Crippen LogP contribution in [-0.4, -0.2) is 41.1 Å². The number of hydrogen-bond acceptors (Lipinski definition) is 3. The number of aromatic nitrogens is 1. The number of carbonyl (C=O) groups excluding carboxylic acids is 1. The van der Waals surface area contributed by atoms with Crippen LogP contribution in [0.1, 0.15) is 29.6 Å². The number of halogens is 2. The minimum Gasteiger partial charge on any atom is -0.374 e. The molecule has 102 valence electrons. The van der Waals surface area contributed by atoms with E-state index in [9.17, 15) is 4.79 Å². The predicted octanol–water partition coefficient (Wildman–Crippen LogP) is 2.89. The summed E-state index contributed by atoms with van der Waals surface area (Å²) in [5, 5.41) is 0.259. The minimum absolute atomic E-state index is 0.0426. The van der Waals surface area contributed by atoms with Gasteiger partial charge in [-0.15, -0.1) is 0 Å². The second kappa shape index (κ2) is 5.38. The van der Waals surface area contributed by atoms with Gasteiger partial charge in [-0.05, 0) is 41.3 Å². The number of morpholine rings is 1. The Kier molecular flexibility index (Phi) is 3.78. The number of nitrogens with zero attached hydrogens (tertiary/aromatic N) is 2. The van der Waals surface area contributed by atoms with Crippen LogP contribution in [0.4, 0.5) is 0 Å². The smallest absolute Gasteiger partial charge is 0.257 e. The number of pyridine rings is 1. The van der Waals surface area contributed by atoms with Gasteiger partial charge in [0.05, 0.1) is 24.3 Å². The summed E-state index contributed by atoms with van der Waals surface area (Å²) in [7, 11) is 0. The summed E-state index contributed by atoms with van der Waals surface area (Å²) < 4.78 is 6.48. The molecule has 19 heavy (non-hydrogen) atoms. The first-order chi connectivity index (χ1) is 9.16. The van der Waals surface area contributed by atoms with Crippen LogP contribution >= 0.6 is 27.5 Å². The molecule has 6 heteroatoms. The summed E-state index contributed by atoms with van der Waals surface area (Å²) in [6.07, 6.45) is 4.95. The van der Waals surface area contributed by atoms with Crippen molar-refractivity contribution in [3.05, 3.63) is 27.5 Å². The average molecular weight is 346 g/mol. The van der Waals surface area contributed by atoms with Crippen molar-refractivity contribution in [1.82, 2.24) is 9.88 Å². The lowest BCUT2D eigenvalue weighted by Gasteiger charge is -2.37. The molecule has 1 aromatic rings. The first kappa shape index (κ1) is 13.3. The molecule has 3 rings (SSSR count). The predicted molar refractivity (Wildman–Crippen MR) is 75.4 cm³/mol. The quantitative estimate of drug-likeness (QED) is 0.735. The second-order valence-electron chi connectivity index (χ2n) is 4.90. The summed E-state index contributed by atoms with van der Waals surface area (Å²) in [5.41, 5.74) is 0.462. The van der Waals surface area contributed by atoms with Gasteiger partial charge in [0, 0.05) is 17.2 Å². The Morgan fingerprint density at radius 3 is 3.21 bits per heavy atom. The van der Waals surface area contributed by atoms with E-state index in [1.54, 1.807) is 12.3 Å². The Morgan fingerprint density at radius 1 is 1.53 bits per heavy atom. The maximum atomic E-state index is 12.6. The van der Waals surface area contributed by atoms with Gasteiger partial charge in [-0.2, -0.15) is 0 Å². The molecule has 0 radical (unpaired) electrons. The summed E-state index contributed by atoms with van der Waals surface area (Å²) in [5.74, 6) is -0.0426. The van der Waals surface area contributed by atoms with E-state index >= 15 is 0 Å². The van der Waals surface area contributed by atoms with E-state index in [1.807, 2.05) is 4.90 Å². The van der Waals surface area contributed by atoms with E-state index in [1.165, 1.54) is 0 Å². The lowest BCUT2D eigenvalue weighted by molar-refractivity contribution is -0.0445. The Bertz CT molecular complexity index is 511. The highest BCUT2D eigenvalue weighted by atomic mass is 79.9. The average Bonchev–Trinajstić information content (AvgIpc) is 2.89. The van der Waals surface area contributed by atoms with Gasteiger partial charge in [-0.3, -0.25) is 4.79 Å². The van der Waals surface area contributed by atoms with Gasteiger partial charge >= 0.3 is 0 Å². The molecule has 2 aliphatic rings. The molecule has 2 atom stereocenters. The largest absolute Gasteiger partial charge is 0.374 e. The molecule has 1 saturated heterocycles. The van der Waals surface area contributed by atoms with Gasteiger partial charge in [0.2, 0.25) is 0 Å². The van der Waals surface area contributed by atoms with Gasteiger partial charge < -0.3 is 9.64 Å². The van der Waals surface area contributed by atoms with Gasteiger partial charge in [-0.25, -0.2) is 4.98 Å². The lowest BCUT2D eigenvalue weighted by atomic mass is 10.1. The van der Waals surface area contributed by atoms with Crippen molar-refractivity contribution in [1.29, 1.82) is 0 Å². The van der Waals surface area contributed by atoms with E-state index in [0.717, 1.165) is 23.7 Å². The monoisotopic (exact) mass is 344 g/mol. The van der Waals surface area contributed by atoms with Crippen LogP contribution in [0, 0.1) is 0 Å². The van der Waals surface area contributed by atoms with Crippen molar-refractivity contribution in [2.24, 2.45) is 0 Å². The SMILES string of the molecule is O=C(c1cc(Br)cnc1Cl)N1CCOC2CCCC21. The normalized spacial score (nSPS) is 26.3.